The number of anilines is 1. The number of benzene rings is 2. The summed E-state index contributed by atoms with van der Waals surface area (Å²) in [5.74, 6) is 0.791. The van der Waals surface area contributed by atoms with E-state index in [-0.39, 0.29) is 0 Å². The molecule has 33 heavy (non-hydrogen) atoms. The molecule has 4 aromatic rings. The van der Waals surface area contributed by atoms with Gasteiger partial charge in [-0.05, 0) is 40.5 Å². The highest BCUT2D eigenvalue weighted by Gasteiger charge is 2.19. The number of carbonyl (C=O) groups excluding carboxylic acids is 1. The maximum Gasteiger partial charge on any atom is 0.343 e. The Morgan fingerprint density at radius 2 is 1.85 bits per heavy atom. The second-order valence-corrected chi connectivity index (χ2v) is 7.39. The van der Waals surface area contributed by atoms with Gasteiger partial charge in [0.05, 0.1) is 6.61 Å². The Labute approximate surface area is 191 Å². The molecule has 0 bridgehead atoms. The molecule has 0 aliphatic carbocycles. The van der Waals surface area contributed by atoms with Crippen LogP contribution in [0.25, 0.3) is 22.5 Å². The number of nitrogens with zero attached hydrogens (tertiary/aromatic N) is 6. The van der Waals surface area contributed by atoms with Crippen molar-refractivity contribution in [3.05, 3.63) is 72.2 Å². The van der Waals surface area contributed by atoms with Crippen LogP contribution in [0.15, 0.2) is 61.1 Å². The molecule has 0 amide bonds. The van der Waals surface area contributed by atoms with Gasteiger partial charge in [-0.15, -0.1) is 5.10 Å². The molecule has 9 heteroatoms. The molecule has 0 spiro atoms. The molecule has 0 atom stereocenters. The number of aromatic amines is 1. The Bertz CT molecular complexity index is 1190. The molecule has 0 fully saturated rings. The molecular formula is C24H25N7O2. The summed E-state index contributed by atoms with van der Waals surface area (Å²) >= 11 is 0. The molecule has 0 saturated heterocycles. The number of nitrogens with one attached hydrogen (secondary N) is 1. The molecule has 0 aliphatic heterocycles. The molecule has 0 aliphatic rings. The van der Waals surface area contributed by atoms with Gasteiger partial charge >= 0.3 is 5.97 Å². The standard InChI is InChI=1S/C24H25N7O2/c1-3-13-31(23-21(14-25-16-26-23)24(32)33-4-2)15-17-9-11-18(12-10-17)19-7-5-6-8-20(19)22-27-29-30-28-22/h5-12,14,16H,3-4,13,15H2,1-2H3,(H,27,28,29,30). The van der Waals surface area contributed by atoms with Crippen molar-refractivity contribution in [1.82, 2.24) is 30.6 Å². The van der Waals surface area contributed by atoms with Crippen molar-refractivity contribution in [3.8, 4) is 22.5 Å². The van der Waals surface area contributed by atoms with E-state index in [2.05, 4.69) is 66.7 Å². The number of hydrogen-bond donors (Lipinski definition) is 1. The first-order valence-electron chi connectivity index (χ1n) is 10.9. The predicted octanol–water partition coefficient (Wildman–Crippen LogP) is 3.92. The normalized spacial score (nSPS) is 10.7. The number of H-pyrrole nitrogens is 1. The van der Waals surface area contributed by atoms with Crippen molar-refractivity contribution >= 4 is 11.8 Å². The van der Waals surface area contributed by atoms with E-state index in [1.165, 1.54) is 12.5 Å². The summed E-state index contributed by atoms with van der Waals surface area (Å²) < 4.78 is 5.19. The second kappa shape index (κ2) is 10.4. The molecule has 1 N–H and O–H groups in total. The third kappa shape index (κ3) is 5.03. The third-order valence-corrected chi connectivity index (χ3v) is 5.15. The Morgan fingerprint density at radius 3 is 2.55 bits per heavy atom. The van der Waals surface area contributed by atoms with Crippen molar-refractivity contribution in [2.45, 2.75) is 26.8 Å². The van der Waals surface area contributed by atoms with Crippen molar-refractivity contribution in [2.24, 2.45) is 0 Å². The lowest BCUT2D eigenvalue weighted by Gasteiger charge is -2.25. The van der Waals surface area contributed by atoms with E-state index in [4.69, 9.17) is 4.74 Å². The first-order valence-corrected chi connectivity index (χ1v) is 10.9. The lowest BCUT2D eigenvalue weighted by Crippen LogP contribution is -2.27. The van der Waals surface area contributed by atoms with Crippen molar-refractivity contribution in [1.29, 1.82) is 0 Å². The minimum absolute atomic E-state index is 0.300. The molecule has 168 valence electrons. The number of carbonyl (C=O) groups is 1. The fraction of sp³-hybridized carbons (Fsp3) is 0.250. The predicted molar refractivity (Wildman–Crippen MR) is 124 cm³/mol. The van der Waals surface area contributed by atoms with Crippen LogP contribution in [0.4, 0.5) is 5.82 Å². The minimum atomic E-state index is -0.414. The lowest BCUT2D eigenvalue weighted by molar-refractivity contribution is 0.0526. The van der Waals surface area contributed by atoms with Gasteiger partial charge in [-0.2, -0.15) is 0 Å². The van der Waals surface area contributed by atoms with Crippen molar-refractivity contribution in [3.63, 3.8) is 0 Å². The van der Waals surface area contributed by atoms with Gasteiger partial charge in [0, 0.05) is 24.8 Å². The third-order valence-electron chi connectivity index (χ3n) is 5.15. The van der Waals surface area contributed by atoms with Gasteiger partial charge in [0.1, 0.15) is 17.7 Å². The van der Waals surface area contributed by atoms with Crippen LogP contribution in [0.3, 0.4) is 0 Å². The van der Waals surface area contributed by atoms with E-state index in [0.29, 0.717) is 30.4 Å². The number of aromatic nitrogens is 6. The van der Waals surface area contributed by atoms with Crippen molar-refractivity contribution in [2.75, 3.05) is 18.1 Å². The molecule has 2 aromatic carbocycles. The van der Waals surface area contributed by atoms with E-state index < -0.39 is 5.97 Å². The molecule has 4 rings (SSSR count). The summed E-state index contributed by atoms with van der Waals surface area (Å²) in [4.78, 5) is 22.9. The van der Waals surface area contributed by atoms with Crippen LogP contribution in [-0.2, 0) is 11.3 Å². The van der Waals surface area contributed by atoms with Crippen LogP contribution < -0.4 is 4.90 Å². The fourth-order valence-corrected chi connectivity index (χ4v) is 3.68. The summed E-state index contributed by atoms with van der Waals surface area (Å²) in [7, 11) is 0. The number of hydrogen-bond acceptors (Lipinski definition) is 8. The highest BCUT2D eigenvalue weighted by molar-refractivity contribution is 5.94. The number of esters is 1. The van der Waals surface area contributed by atoms with Gasteiger partial charge < -0.3 is 9.64 Å². The van der Waals surface area contributed by atoms with Crippen molar-refractivity contribution < 1.29 is 9.53 Å². The van der Waals surface area contributed by atoms with Gasteiger partial charge in [0.15, 0.2) is 5.82 Å². The Morgan fingerprint density at radius 1 is 1.06 bits per heavy atom. The first-order chi connectivity index (χ1) is 16.2. The van der Waals surface area contributed by atoms with Crippen LogP contribution in [-0.4, -0.2) is 49.7 Å². The zero-order valence-corrected chi connectivity index (χ0v) is 18.6. The lowest BCUT2D eigenvalue weighted by atomic mass is 9.98. The Hall–Kier alpha value is -4.14. The van der Waals surface area contributed by atoms with Crippen LogP contribution in [0.2, 0.25) is 0 Å². The van der Waals surface area contributed by atoms with Gasteiger partial charge in [0.2, 0.25) is 0 Å². The molecule has 0 saturated carbocycles. The summed E-state index contributed by atoms with van der Waals surface area (Å²) in [6.45, 7) is 5.52. The number of tetrazole rings is 1. The van der Waals surface area contributed by atoms with E-state index >= 15 is 0 Å². The monoisotopic (exact) mass is 443 g/mol. The summed E-state index contributed by atoms with van der Waals surface area (Å²) in [5, 5.41) is 14.2. The molecule has 2 aromatic heterocycles. The van der Waals surface area contributed by atoms with Crippen LogP contribution in [0.1, 0.15) is 36.2 Å². The zero-order valence-electron chi connectivity index (χ0n) is 18.6. The number of ether oxygens (including phenoxy) is 1. The van der Waals surface area contributed by atoms with Crippen LogP contribution in [0.5, 0.6) is 0 Å². The smallest absolute Gasteiger partial charge is 0.343 e. The SMILES string of the molecule is CCCN(Cc1ccc(-c2ccccc2-c2nnn[nH]2)cc1)c1ncncc1C(=O)OCC. The fourth-order valence-electron chi connectivity index (χ4n) is 3.68. The van der Waals surface area contributed by atoms with E-state index in [1.807, 2.05) is 24.3 Å². The highest BCUT2D eigenvalue weighted by Crippen LogP contribution is 2.30. The van der Waals surface area contributed by atoms with E-state index in [9.17, 15) is 4.79 Å². The van der Waals surface area contributed by atoms with Crippen LogP contribution >= 0.6 is 0 Å². The van der Waals surface area contributed by atoms with Gasteiger partial charge in [-0.3, -0.25) is 0 Å². The average molecular weight is 444 g/mol. The summed E-state index contributed by atoms with van der Waals surface area (Å²) in [5.41, 5.74) is 4.50. The topological polar surface area (TPSA) is 110 Å². The largest absolute Gasteiger partial charge is 0.462 e. The molecule has 0 radical (unpaired) electrons. The van der Waals surface area contributed by atoms with E-state index in [1.54, 1.807) is 6.92 Å². The van der Waals surface area contributed by atoms with Gasteiger partial charge in [-0.1, -0.05) is 55.5 Å². The molecular weight excluding hydrogens is 418 g/mol. The van der Waals surface area contributed by atoms with Crippen LogP contribution in [0, 0.1) is 0 Å². The molecule has 2 heterocycles. The maximum atomic E-state index is 12.4. The maximum absolute atomic E-state index is 12.4. The molecule has 0 unspecified atom stereocenters. The highest BCUT2D eigenvalue weighted by atomic mass is 16.5. The summed E-state index contributed by atoms with van der Waals surface area (Å²) in [6, 6.07) is 16.3. The van der Waals surface area contributed by atoms with Gasteiger partial charge in [-0.25, -0.2) is 19.9 Å². The zero-order chi connectivity index (χ0) is 23.0. The number of rotatable bonds is 9. The Balaban J connectivity index is 1.60. The second-order valence-electron chi connectivity index (χ2n) is 7.39. The quantitative estimate of drug-likeness (QED) is 0.388. The summed E-state index contributed by atoms with van der Waals surface area (Å²) in [6.07, 6.45) is 3.88. The average Bonchev–Trinajstić information content (AvgIpc) is 3.39. The van der Waals surface area contributed by atoms with Gasteiger partial charge in [0.25, 0.3) is 0 Å². The Kier molecular flexibility index (Phi) is 6.99. The molecule has 9 nitrogen and oxygen atoms in total. The van der Waals surface area contributed by atoms with E-state index in [0.717, 1.165) is 35.2 Å². The minimum Gasteiger partial charge on any atom is -0.462 e. The first kappa shape index (κ1) is 22.1.